The molecule has 0 radical (unpaired) electrons. The van der Waals surface area contributed by atoms with E-state index in [-0.39, 0.29) is 22.3 Å². The Balaban J connectivity index is 1.47. The standard InChI is InChI=1S/C26H34N2O5S/c1-2-33-23-12-10-21(11-13-23)26(14-16-32-17-15-26)19-27-25(29)20-6-5-9-24(18-20)34(30,31)28-22-7-3-4-8-22/h5-6,9-13,18,22,28H,2-4,7-8,14-17,19H2,1H3,(H,27,29). The molecule has 1 aliphatic carbocycles. The molecule has 0 spiro atoms. The molecule has 1 heterocycles. The SMILES string of the molecule is CCOc1ccc(C2(CNC(=O)c3cccc(S(=O)(=O)NC4CCCC4)c3)CCOCC2)cc1. The summed E-state index contributed by atoms with van der Waals surface area (Å²) in [4.78, 5) is 13.2. The van der Waals surface area contributed by atoms with Crippen LogP contribution in [0, 0.1) is 0 Å². The molecule has 1 amide bonds. The Morgan fingerprint density at radius 1 is 1.09 bits per heavy atom. The third-order valence-corrected chi connectivity index (χ3v) is 8.42. The molecule has 2 N–H and O–H groups in total. The van der Waals surface area contributed by atoms with Crippen molar-refractivity contribution in [2.75, 3.05) is 26.4 Å². The number of amides is 1. The topological polar surface area (TPSA) is 93.7 Å². The highest BCUT2D eigenvalue weighted by molar-refractivity contribution is 7.89. The number of nitrogens with one attached hydrogen (secondary N) is 2. The van der Waals surface area contributed by atoms with Crippen LogP contribution in [0.5, 0.6) is 5.75 Å². The minimum atomic E-state index is -3.66. The van der Waals surface area contributed by atoms with Gasteiger partial charge in [-0.1, -0.05) is 31.0 Å². The van der Waals surface area contributed by atoms with Crippen molar-refractivity contribution in [1.82, 2.24) is 10.0 Å². The van der Waals surface area contributed by atoms with Gasteiger partial charge >= 0.3 is 0 Å². The van der Waals surface area contributed by atoms with Crippen molar-refractivity contribution in [1.29, 1.82) is 0 Å². The Hall–Kier alpha value is -2.42. The first-order valence-corrected chi connectivity index (χ1v) is 13.6. The van der Waals surface area contributed by atoms with Gasteiger partial charge in [0.25, 0.3) is 5.91 Å². The van der Waals surface area contributed by atoms with Crippen LogP contribution in [0.3, 0.4) is 0 Å². The third-order valence-electron chi connectivity index (χ3n) is 6.90. The summed E-state index contributed by atoms with van der Waals surface area (Å²) in [5.74, 6) is 0.538. The number of sulfonamides is 1. The number of carbonyl (C=O) groups is 1. The number of rotatable bonds is 9. The van der Waals surface area contributed by atoms with Crippen molar-refractivity contribution >= 4 is 15.9 Å². The zero-order valence-corrected chi connectivity index (χ0v) is 20.5. The largest absolute Gasteiger partial charge is 0.494 e. The lowest BCUT2D eigenvalue weighted by Gasteiger charge is -2.38. The van der Waals surface area contributed by atoms with Crippen molar-refractivity contribution in [2.45, 2.75) is 61.8 Å². The van der Waals surface area contributed by atoms with Crippen molar-refractivity contribution < 1.29 is 22.7 Å². The van der Waals surface area contributed by atoms with Crippen LogP contribution in [0.1, 0.15) is 61.4 Å². The lowest BCUT2D eigenvalue weighted by molar-refractivity contribution is 0.0487. The van der Waals surface area contributed by atoms with Gasteiger partial charge in [-0.25, -0.2) is 13.1 Å². The maximum Gasteiger partial charge on any atom is 0.251 e. The fourth-order valence-corrected chi connectivity index (χ4v) is 6.24. The van der Waals surface area contributed by atoms with Gasteiger partial charge in [0, 0.05) is 36.8 Å². The molecule has 34 heavy (non-hydrogen) atoms. The number of ether oxygens (including phenoxy) is 2. The first kappa shape index (κ1) is 24.7. The highest BCUT2D eigenvalue weighted by Gasteiger charge is 2.35. The van der Waals surface area contributed by atoms with Gasteiger partial charge in [-0.3, -0.25) is 4.79 Å². The Kier molecular flexibility index (Phi) is 7.91. The van der Waals surface area contributed by atoms with Crippen molar-refractivity contribution in [3.63, 3.8) is 0 Å². The van der Waals surface area contributed by atoms with Crippen molar-refractivity contribution in [3.8, 4) is 5.75 Å². The molecule has 184 valence electrons. The quantitative estimate of drug-likeness (QED) is 0.563. The normalized spacial score (nSPS) is 18.5. The third kappa shape index (κ3) is 5.79. The fourth-order valence-electron chi connectivity index (χ4n) is 4.89. The van der Waals surface area contributed by atoms with Gasteiger partial charge in [0.15, 0.2) is 0 Å². The summed E-state index contributed by atoms with van der Waals surface area (Å²) in [6, 6.07) is 14.3. The van der Waals surface area contributed by atoms with E-state index in [1.54, 1.807) is 12.1 Å². The van der Waals surface area contributed by atoms with Crippen LogP contribution in [0.25, 0.3) is 0 Å². The molecule has 8 heteroatoms. The van der Waals surface area contributed by atoms with Gasteiger partial charge in [-0.15, -0.1) is 0 Å². The number of carbonyl (C=O) groups excluding carboxylic acids is 1. The second-order valence-corrected chi connectivity index (χ2v) is 10.9. The van der Waals surface area contributed by atoms with Crippen LogP contribution >= 0.6 is 0 Å². The fraction of sp³-hybridized carbons (Fsp3) is 0.500. The molecule has 0 atom stereocenters. The van der Waals surface area contributed by atoms with Crippen molar-refractivity contribution in [3.05, 3.63) is 59.7 Å². The second kappa shape index (κ2) is 10.9. The predicted molar refractivity (Wildman–Crippen MR) is 131 cm³/mol. The molecule has 4 rings (SSSR count). The number of benzene rings is 2. The van der Waals surface area contributed by atoms with Gasteiger partial charge in [0.2, 0.25) is 10.0 Å². The monoisotopic (exact) mass is 486 g/mol. The minimum absolute atomic E-state index is 0.0232. The molecule has 1 saturated heterocycles. The van der Waals surface area contributed by atoms with Gasteiger partial charge < -0.3 is 14.8 Å². The molecular weight excluding hydrogens is 452 g/mol. The van der Waals surface area contributed by atoms with Crippen LogP contribution in [0.4, 0.5) is 0 Å². The Bertz CT molecular complexity index is 1070. The molecule has 2 fully saturated rings. The lowest BCUT2D eigenvalue weighted by Crippen LogP contribution is -2.44. The minimum Gasteiger partial charge on any atom is -0.494 e. The molecule has 2 aromatic rings. The first-order valence-electron chi connectivity index (χ1n) is 12.1. The average molecular weight is 487 g/mol. The van der Waals surface area contributed by atoms with Crippen LogP contribution < -0.4 is 14.8 Å². The van der Waals surface area contributed by atoms with Crippen LogP contribution in [0.15, 0.2) is 53.4 Å². The average Bonchev–Trinajstić information content (AvgIpc) is 3.36. The summed E-state index contributed by atoms with van der Waals surface area (Å²) in [6.45, 7) is 4.27. The summed E-state index contributed by atoms with van der Waals surface area (Å²) in [6.07, 6.45) is 5.38. The van der Waals surface area contributed by atoms with E-state index >= 15 is 0 Å². The Labute approximate surface area is 202 Å². The van der Waals surface area contributed by atoms with E-state index < -0.39 is 10.0 Å². The highest BCUT2D eigenvalue weighted by Crippen LogP contribution is 2.35. The van der Waals surface area contributed by atoms with Gasteiger partial charge in [0.1, 0.15) is 5.75 Å². The lowest BCUT2D eigenvalue weighted by atomic mass is 9.74. The summed E-state index contributed by atoms with van der Waals surface area (Å²) in [7, 11) is -3.66. The van der Waals surface area contributed by atoms with Crippen LogP contribution in [-0.4, -0.2) is 46.7 Å². The molecular formula is C26H34N2O5S. The maximum absolute atomic E-state index is 13.0. The van der Waals surface area contributed by atoms with E-state index in [1.165, 1.54) is 12.1 Å². The van der Waals surface area contributed by atoms with Gasteiger partial charge in [-0.05, 0) is 68.5 Å². The first-order chi connectivity index (χ1) is 16.4. The van der Waals surface area contributed by atoms with E-state index in [0.29, 0.717) is 31.9 Å². The number of hydrogen-bond acceptors (Lipinski definition) is 5. The van der Waals surface area contributed by atoms with E-state index in [4.69, 9.17) is 9.47 Å². The molecule has 1 aliphatic heterocycles. The highest BCUT2D eigenvalue weighted by atomic mass is 32.2. The Morgan fingerprint density at radius 2 is 1.79 bits per heavy atom. The maximum atomic E-state index is 13.0. The molecule has 2 aliphatic rings. The molecule has 1 saturated carbocycles. The molecule has 7 nitrogen and oxygen atoms in total. The summed E-state index contributed by atoms with van der Waals surface area (Å²) >= 11 is 0. The summed E-state index contributed by atoms with van der Waals surface area (Å²) < 4.78 is 39.6. The molecule has 0 unspecified atom stereocenters. The van der Waals surface area contributed by atoms with E-state index in [0.717, 1.165) is 49.8 Å². The molecule has 0 aromatic heterocycles. The predicted octanol–water partition coefficient (Wildman–Crippen LogP) is 3.78. The van der Waals surface area contributed by atoms with E-state index in [1.807, 2.05) is 19.1 Å². The molecule has 0 bridgehead atoms. The zero-order valence-electron chi connectivity index (χ0n) is 19.7. The van der Waals surface area contributed by atoms with Crippen LogP contribution in [0.2, 0.25) is 0 Å². The Morgan fingerprint density at radius 3 is 2.47 bits per heavy atom. The van der Waals surface area contributed by atoms with E-state index in [9.17, 15) is 13.2 Å². The van der Waals surface area contributed by atoms with Gasteiger partial charge in [-0.2, -0.15) is 0 Å². The number of hydrogen-bond donors (Lipinski definition) is 2. The summed E-state index contributed by atoms with van der Waals surface area (Å²) in [5, 5.41) is 3.06. The zero-order chi connectivity index (χ0) is 24.0. The molecule has 2 aromatic carbocycles. The smallest absolute Gasteiger partial charge is 0.251 e. The van der Waals surface area contributed by atoms with Crippen LogP contribution in [-0.2, 0) is 20.2 Å². The van der Waals surface area contributed by atoms with Crippen molar-refractivity contribution in [2.24, 2.45) is 0 Å². The van der Waals surface area contributed by atoms with Gasteiger partial charge in [0.05, 0.1) is 11.5 Å². The second-order valence-electron chi connectivity index (χ2n) is 9.16. The summed E-state index contributed by atoms with van der Waals surface area (Å²) in [5.41, 5.74) is 1.23. The van der Waals surface area contributed by atoms with E-state index in [2.05, 4.69) is 22.2 Å².